The number of rotatable bonds is 7. The average molecular weight is 356 g/mol. The van der Waals surface area contributed by atoms with E-state index < -0.39 is 5.41 Å². The molecule has 1 amide bonds. The van der Waals surface area contributed by atoms with Crippen molar-refractivity contribution in [2.75, 3.05) is 32.7 Å². The van der Waals surface area contributed by atoms with Gasteiger partial charge in [-0.3, -0.25) is 4.79 Å². The van der Waals surface area contributed by atoms with Gasteiger partial charge in [0, 0.05) is 31.6 Å². The van der Waals surface area contributed by atoms with Crippen LogP contribution in [0, 0.1) is 0 Å². The molecule has 1 aromatic heterocycles. The Bertz CT molecular complexity index is 796. The second kappa shape index (κ2) is 7.70. The Morgan fingerprint density at radius 1 is 1.35 bits per heavy atom. The number of ether oxygens (including phenoxy) is 2. The predicted octanol–water partition coefficient (Wildman–Crippen LogP) is 2.20. The quantitative estimate of drug-likeness (QED) is 0.740. The molecule has 7 heteroatoms. The minimum absolute atomic E-state index is 0.0284. The highest BCUT2D eigenvalue weighted by molar-refractivity contribution is 5.88. The lowest BCUT2D eigenvalue weighted by molar-refractivity contribution is -0.126. The van der Waals surface area contributed by atoms with Gasteiger partial charge in [0.15, 0.2) is 0 Å². The Morgan fingerprint density at radius 2 is 2.19 bits per heavy atom. The minimum Gasteiger partial charge on any atom is -0.497 e. The SMILES string of the molecule is COCCNC(=O)C1(C)CCc2cnc(Nc3cccc(OC)c3)nc21. The molecule has 0 saturated carbocycles. The number of fused-ring (bicyclic) bond motifs is 1. The monoisotopic (exact) mass is 356 g/mol. The van der Waals surface area contributed by atoms with Crippen LogP contribution in [0.4, 0.5) is 11.6 Å². The fraction of sp³-hybridized carbons (Fsp3) is 0.421. The average Bonchev–Trinajstić information content (AvgIpc) is 3.00. The van der Waals surface area contributed by atoms with Gasteiger partial charge in [-0.15, -0.1) is 0 Å². The third kappa shape index (κ3) is 3.62. The van der Waals surface area contributed by atoms with Crippen molar-refractivity contribution in [3.63, 3.8) is 0 Å². The topological polar surface area (TPSA) is 85.4 Å². The van der Waals surface area contributed by atoms with Crippen molar-refractivity contribution in [3.8, 4) is 5.75 Å². The van der Waals surface area contributed by atoms with Crippen LogP contribution in [0.15, 0.2) is 30.5 Å². The van der Waals surface area contributed by atoms with Gasteiger partial charge in [-0.25, -0.2) is 9.97 Å². The first-order chi connectivity index (χ1) is 12.6. The molecule has 1 atom stereocenters. The van der Waals surface area contributed by atoms with Gasteiger partial charge < -0.3 is 20.1 Å². The number of amides is 1. The first-order valence-electron chi connectivity index (χ1n) is 8.61. The lowest BCUT2D eigenvalue weighted by atomic mass is 9.86. The van der Waals surface area contributed by atoms with E-state index in [4.69, 9.17) is 9.47 Å². The minimum atomic E-state index is -0.656. The van der Waals surface area contributed by atoms with E-state index in [9.17, 15) is 4.79 Å². The molecule has 1 aromatic carbocycles. The first kappa shape index (κ1) is 18.1. The van der Waals surface area contributed by atoms with E-state index in [-0.39, 0.29) is 5.91 Å². The van der Waals surface area contributed by atoms with Crippen LogP contribution in [0.25, 0.3) is 0 Å². The predicted molar refractivity (Wildman–Crippen MR) is 98.9 cm³/mol. The van der Waals surface area contributed by atoms with Crippen LogP contribution < -0.4 is 15.4 Å². The van der Waals surface area contributed by atoms with E-state index >= 15 is 0 Å². The number of aryl methyl sites for hydroxylation is 1. The number of aromatic nitrogens is 2. The molecule has 3 rings (SSSR count). The molecular weight excluding hydrogens is 332 g/mol. The molecule has 2 aromatic rings. The van der Waals surface area contributed by atoms with Gasteiger partial charge in [-0.05, 0) is 37.5 Å². The second-order valence-corrected chi connectivity index (χ2v) is 6.51. The molecular formula is C19H24N4O3. The van der Waals surface area contributed by atoms with Gasteiger partial charge in [0.25, 0.3) is 0 Å². The molecule has 0 radical (unpaired) electrons. The summed E-state index contributed by atoms with van der Waals surface area (Å²) in [5.41, 5.74) is 1.98. The van der Waals surface area contributed by atoms with E-state index in [1.54, 1.807) is 20.4 Å². The van der Waals surface area contributed by atoms with Crippen molar-refractivity contribution in [3.05, 3.63) is 41.7 Å². The Kier molecular flexibility index (Phi) is 5.37. The maximum atomic E-state index is 12.7. The van der Waals surface area contributed by atoms with Crippen molar-refractivity contribution >= 4 is 17.5 Å². The summed E-state index contributed by atoms with van der Waals surface area (Å²) in [7, 11) is 3.24. The van der Waals surface area contributed by atoms with E-state index in [0.29, 0.717) is 19.1 Å². The number of methoxy groups -OCH3 is 2. The number of hydrogen-bond acceptors (Lipinski definition) is 6. The van der Waals surface area contributed by atoms with Crippen molar-refractivity contribution < 1.29 is 14.3 Å². The number of carbonyl (C=O) groups excluding carboxylic acids is 1. The van der Waals surface area contributed by atoms with Crippen molar-refractivity contribution in [2.45, 2.75) is 25.2 Å². The van der Waals surface area contributed by atoms with E-state index in [1.165, 1.54) is 0 Å². The fourth-order valence-electron chi connectivity index (χ4n) is 3.14. The van der Waals surface area contributed by atoms with Gasteiger partial charge in [0.05, 0.1) is 24.8 Å². The number of benzene rings is 1. The molecule has 0 bridgehead atoms. The summed E-state index contributed by atoms with van der Waals surface area (Å²) >= 11 is 0. The number of hydrogen-bond donors (Lipinski definition) is 2. The third-order valence-electron chi connectivity index (χ3n) is 4.70. The molecule has 138 valence electrons. The highest BCUT2D eigenvalue weighted by Crippen LogP contribution is 2.38. The van der Waals surface area contributed by atoms with E-state index in [0.717, 1.165) is 35.5 Å². The molecule has 0 aliphatic heterocycles. The highest BCUT2D eigenvalue weighted by atomic mass is 16.5. The van der Waals surface area contributed by atoms with Crippen LogP contribution in [0.1, 0.15) is 24.6 Å². The summed E-state index contributed by atoms with van der Waals surface area (Å²) in [6.45, 7) is 2.91. The maximum Gasteiger partial charge on any atom is 0.232 e. The molecule has 2 N–H and O–H groups in total. The summed E-state index contributed by atoms with van der Waals surface area (Å²) in [6.07, 6.45) is 3.32. The van der Waals surface area contributed by atoms with Gasteiger partial charge >= 0.3 is 0 Å². The fourth-order valence-corrected chi connectivity index (χ4v) is 3.14. The molecule has 1 aliphatic carbocycles. The van der Waals surface area contributed by atoms with Crippen LogP contribution in [-0.4, -0.2) is 43.2 Å². The van der Waals surface area contributed by atoms with Crippen molar-refractivity contribution in [2.24, 2.45) is 0 Å². The molecule has 7 nitrogen and oxygen atoms in total. The molecule has 1 aliphatic rings. The maximum absolute atomic E-state index is 12.7. The Balaban J connectivity index is 1.81. The van der Waals surface area contributed by atoms with Crippen LogP contribution in [0.5, 0.6) is 5.75 Å². The van der Waals surface area contributed by atoms with Gasteiger partial charge in [0.1, 0.15) is 5.75 Å². The van der Waals surface area contributed by atoms with Gasteiger partial charge in [-0.1, -0.05) is 6.07 Å². The van der Waals surface area contributed by atoms with Crippen molar-refractivity contribution in [1.82, 2.24) is 15.3 Å². The number of anilines is 2. The molecule has 26 heavy (non-hydrogen) atoms. The number of carbonyl (C=O) groups is 1. The van der Waals surface area contributed by atoms with Crippen LogP contribution in [0.3, 0.4) is 0 Å². The highest BCUT2D eigenvalue weighted by Gasteiger charge is 2.42. The van der Waals surface area contributed by atoms with Crippen LogP contribution in [0.2, 0.25) is 0 Å². The Labute approximate surface area is 153 Å². The van der Waals surface area contributed by atoms with Gasteiger partial charge in [0.2, 0.25) is 11.9 Å². The van der Waals surface area contributed by atoms with Crippen molar-refractivity contribution in [1.29, 1.82) is 0 Å². The standard InChI is InChI=1S/C19H24N4O3/c1-19(17(24)20-9-10-25-2)8-7-13-12-21-18(23-16(13)19)22-14-5-4-6-15(11-14)26-3/h4-6,11-12H,7-10H2,1-3H3,(H,20,24)(H,21,22,23). The normalized spacial score (nSPS) is 18.3. The third-order valence-corrected chi connectivity index (χ3v) is 4.70. The van der Waals surface area contributed by atoms with Crippen LogP contribution >= 0.6 is 0 Å². The first-order valence-corrected chi connectivity index (χ1v) is 8.61. The summed E-state index contributed by atoms with van der Waals surface area (Å²) in [6, 6.07) is 7.54. The number of nitrogens with one attached hydrogen (secondary N) is 2. The lowest BCUT2D eigenvalue weighted by Crippen LogP contribution is -2.42. The van der Waals surface area contributed by atoms with Gasteiger partial charge in [-0.2, -0.15) is 0 Å². The molecule has 0 fully saturated rings. The van der Waals surface area contributed by atoms with E-state index in [1.807, 2.05) is 31.2 Å². The Hall–Kier alpha value is -2.67. The molecule has 1 heterocycles. The zero-order valence-corrected chi connectivity index (χ0v) is 15.3. The smallest absolute Gasteiger partial charge is 0.232 e. The largest absolute Gasteiger partial charge is 0.497 e. The summed E-state index contributed by atoms with van der Waals surface area (Å²) in [5, 5.41) is 6.11. The zero-order valence-electron chi connectivity index (χ0n) is 15.3. The number of nitrogens with zero attached hydrogens (tertiary/aromatic N) is 2. The summed E-state index contributed by atoms with van der Waals surface area (Å²) in [4.78, 5) is 21.7. The lowest BCUT2D eigenvalue weighted by Gasteiger charge is -2.23. The summed E-state index contributed by atoms with van der Waals surface area (Å²) in [5.74, 6) is 1.19. The second-order valence-electron chi connectivity index (χ2n) is 6.51. The molecule has 1 unspecified atom stereocenters. The Morgan fingerprint density at radius 3 is 2.96 bits per heavy atom. The zero-order chi connectivity index (χ0) is 18.6. The summed E-state index contributed by atoms with van der Waals surface area (Å²) < 4.78 is 10.2. The molecule has 0 saturated heterocycles. The van der Waals surface area contributed by atoms with Crippen LogP contribution in [-0.2, 0) is 21.4 Å². The van der Waals surface area contributed by atoms with E-state index in [2.05, 4.69) is 20.6 Å². The molecule has 0 spiro atoms.